The molecular weight excluding hydrogens is 1920 g/mol. The average Bonchev–Trinajstić information content (AvgIpc) is 1.45. The smallest absolute Gasteiger partial charge is 0.249 e. The highest BCUT2D eigenvalue weighted by Gasteiger charge is 2.21. The standard InChI is InChI=1S/C20H19ClN4O3.2C19H16Cl2N4O3.2C19H17ClN4O3/c1-12-3-5-14(6-4-12)9-22-17(27)7-13(2)19-16(21)8-15(10-23-19)20-25-24-18(11-26)28-20;2*1-10-3-4-13(7-14(10)20)23-16(27)5-11(2)18-15(21)6-12(8-22-18)19-25-24-17(9-26)28-19;1-11-3-5-14(6-4-11)22-16(26)7-12(2)18-15(20)8-13(9-21-18)19-24-23-17(10-25)27-19;1-12-2-4-13(5-3-12)9-22-17(26)7-6-16-15(20)8-14(10-21-16)19-24-23-18(11-25)27-19/h3-8,10,26H,9,11H2,1-2H3,(H,22,27);2*3-8,26H,9H2,1-2H3,(H,23,27);3-9,25H,10H2,1-2H3,(H,22,26);2-8,10,25H,9,11H2,1H3,(H,22,26)/b13-7+;2*11-5+;12-7+;7-6+. The molecule has 0 spiro atoms. The number of hydrogen-bond acceptors (Lipinski definition) is 30. The van der Waals surface area contributed by atoms with E-state index in [0.717, 1.165) is 27.8 Å². The van der Waals surface area contributed by atoms with E-state index in [9.17, 15) is 24.0 Å². The van der Waals surface area contributed by atoms with E-state index in [1.807, 2.05) is 120 Å². The van der Waals surface area contributed by atoms with Crippen LogP contribution < -0.4 is 26.6 Å². The molecule has 15 rings (SSSR count). The molecule has 10 N–H and O–H groups in total. The maximum absolute atomic E-state index is 12.3. The van der Waals surface area contributed by atoms with Crippen molar-refractivity contribution in [2.75, 3.05) is 16.0 Å². The van der Waals surface area contributed by atoms with Crippen LogP contribution in [0.4, 0.5) is 17.1 Å². The summed E-state index contributed by atoms with van der Waals surface area (Å²) < 4.78 is 26.3. The van der Waals surface area contributed by atoms with Gasteiger partial charge in [0.05, 0.1) is 81.4 Å². The summed E-state index contributed by atoms with van der Waals surface area (Å²) in [5.41, 5.74) is 16.5. The number of pyridine rings is 5. The first-order valence-electron chi connectivity index (χ1n) is 41.3. The van der Waals surface area contributed by atoms with Gasteiger partial charge < -0.3 is 74.2 Å². The quantitative estimate of drug-likeness (QED) is 0.0214. The Balaban J connectivity index is 0.000000165. The van der Waals surface area contributed by atoms with Crippen LogP contribution >= 0.6 is 81.2 Å². The van der Waals surface area contributed by atoms with Crippen molar-refractivity contribution in [3.63, 3.8) is 0 Å². The van der Waals surface area contributed by atoms with Gasteiger partial charge in [-0.05, 0) is 180 Å². The number of benzene rings is 5. The predicted octanol–water partition coefficient (Wildman–Crippen LogP) is 18.4. The van der Waals surface area contributed by atoms with Crippen molar-refractivity contribution in [1.82, 2.24) is 86.5 Å². The van der Waals surface area contributed by atoms with Crippen LogP contribution in [0.3, 0.4) is 0 Å². The highest BCUT2D eigenvalue weighted by molar-refractivity contribution is 6.35. The summed E-state index contributed by atoms with van der Waals surface area (Å²) in [4.78, 5) is 82.3. The van der Waals surface area contributed by atoms with Crippen LogP contribution in [0.25, 0.3) is 85.6 Å². The zero-order valence-electron chi connectivity index (χ0n) is 74.8. The number of aryl methyl sites for hydroxylation is 5. The maximum atomic E-state index is 12.3. The second-order valence-corrected chi connectivity index (χ2v) is 32.8. The van der Waals surface area contributed by atoms with E-state index in [1.54, 1.807) is 82.3 Å². The number of carbonyl (C=O) groups excluding carboxylic acids is 5. The first kappa shape index (κ1) is 104. The number of aromatic nitrogens is 15. The lowest BCUT2D eigenvalue weighted by molar-refractivity contribution is -0.117. The number of carbonyl (C=O) groups is 5. The zero-order valence-corrected chi connectivity index (χ0v) is 80.0. The Morgan fingerprint density at radius 1 is 0.304 bits per heavy atom. The molecule has 0 saturated heterocycles. The Hall–Kier alpha value is -14.6. The fraction of sp³-hybridized carbons (Fsp3) is 0.167. The van der Waals surface area contributed by atoms with Crippen LogP contribution in [0.1, 0.15) is 125 Å². The summed E-state index contributed by atoms with van der Waals surface area (Å²) in [7, 11) is 0. The molecule has 0 fully saturated rings. The summed E-state index contributed by atoms with van der Waals surface area (Å²) in [6, 6.07) is 42.0. The van der Waals surface area contributed by atoms with Gasteiger partial charge in [-0.25, -0.2) is 0 Å². The number of anilines is 3. The van der Waals surface area contributed by atoms with Gasteiger partial charge in [-0.1, -0.05) is 171 Å². The van der Waals surface area contributed by atoms with E-state index >= 15 is 0 Å². The van der Waals surface area contributed by atoms with Gasteiger partial charge in [0.25, 0.3) is 0 Å². The van der Waals surface area contributed by atoms with Gasteiger partial charge in [0, 0.05) is 102 Å². The van der Waals surface area contributed by atoms with Crippen LogP contribution in [0, 0.1) is 34.6 Å². The number of aliphatic hydroxyl groups is 5. The number of halogens is 7. The third-order valence-corrected chi connectivity index (χ3v) is 21.4. The summed E-state index contributed by atoms with van der Waals surface area (Å²) in [6.07, 6.45) is 16.2. The Morgan fingerprint density at radius 3 is 0.841 bits per heavy atom. The number of aliphatic hydroxyl groups excluding tert-OH is 5. The summed E-state index contributed by atoms with van der Waals surface area (Å²) >= 11 is 43.6. The number of allylic oxidation sites excluding steroid dienone is 4. The van der Waals surface area contributed by atoms with Crippen molar-refractivity contribution in [1.29, 1.82) is 0 Å². The average molecular weight is 2010 g/mol. The lowest BCUT2D eigenvalue weighted by Gasteiger charge is -2.07. The minimum absolute atomic E-state index is 0.0964. The van der Waals surface area contributed by atoms with Gasteiger partial charge >= 0.3 is 0 Å². The normalized spacial score (nSPS) is 11.4. The second kappa shape index (κ2) is 50.3. The number of hydrogen-bond donors (Lipinski definition) is 10. The second-order valence-electron chi connectivity index (χ2n) is 29.9. The van der Waals surface area contributed by atoms with Gasteiger partial charge in [0.2, 0.25) is 88.4 Å². The van der Waals surface area contributed by atoms with Gasteiger partial charge in [-0.3, -0.25) is 48.9 Å². The van der Waals surface area contributed by atoms with Gasteiger partial charge in [-0.15, -0.1) is 51.0 Å². The largest absolute Gasteiger partial charge is 0.418 e. The fourth-order valence-corrected chi connectivity index (χ4v) is 13.7. The third-order valence-electron chi connectivity index (χ3n) is 19.1. The van der Waals surface area contributed by atoms with Crippen LogP contribution in [0.15, 0.2) is 223 Å². The van der Waals surface area contributed by atoms with E-state index in [2.05, 4.69) is 102 Å². The maximum Gasteiger partial charge on any atom is 0.249 e. The molecule has 708 valence electrons. The molecule has 15 aromatic rings. The molecule has 0 bridgehead atoms. The molecule has 5 aromatic carbocycles. The Bertz CT molecular complexity index is 6850. The first-order chi connectivity index (χ1) is 66.2. The van der Waals surface area contributed by atoms with E-state index in [1.165, 1.54) is 78.6 Å². The van der Waals surface area contributed by atoms with Crippen LogP contribution in [-0.2, 0) is 70.1 Å². The van der Waals surface area contributed by atoms with E-state index in [0.29, 0.717) is 144 Å². The minimum Gasteiger partial charge on any atom is -0.418 e. The van der Waals surface area contributed by atoms with Crippen LogP contribution in [0.5, 0.6) is 0 Å². The summed E-state index contributed by atoms with van der Waals surface area (Å²) in [5, 5.41) is 99.2. The van der Waals surface area contributed by atoms with Crippen molar-refractivity contribution in [3.8, 4) is 57.3 Å². The monoisotopic (exact) mass is 2000 g/mol. The molecule has 10 aromatic heterocycles. The zero-order chi connectivity index (χ0) is 99.2. The minimum atomic E-state index is -0.352. The predicted molar refractivity (Wildman–Crippen MR) is 521 cm³/mol. The number of rotatable bonds is 27. The van der Waals surface area contributed by atoms with E-state index in [-0.39, 0.29) is 121 Å². The van der Waals surface area contributed by atoms with Gasteiger partial charge in [0.15, 0.2) is 0 Å². The molecule has 0 atom stereocenters. The Morgan fingerprint density at radius 2 is 0.565 bits per heavy atom. The van der Waals surface area contributed by atoms with Crippen molar-refractivity contribution >= 4 is 156 Å². The molecule has 0 radical (unpaired) electrons. The molecule has 0 saturated carbocycles. The van der Waals surface area contributed by atoms with E-state index < -0.39 is 0 Å². The van der Waals surface area contributed by atoms with E-state index in [4.69, 9.17) is 129 Å². The Labute approximate surface area is 823 Å². The molecule has 0 unspecified atom stereocenters. The van der Waals surface area contributed by atoms with Gasteiger partial charge in [-0.2, -0.15) is 0 Å². The highest BCUT2D eigenvalue weighted by atomic mass is 35.5. The Kier molecular flexibility index (Phi) is 37.9. The molecule has 138 heavy (non-hydrogen) atoms. The molecule has 0 aliphatic carbocycles. The molecule has 42 heteroatoms. The third kappa shape index (κ3) is 30.5. The highest BCUT2D eigenvalue weighted by Crippen LogP contribution is 2.34. The van der Waals surface area contributed by atoms with Crippen LogP contribution in [-0.4, -0.2) is 131 Å². The lowest BCUT2D eigenvalue weighted by Crippen LogP contribution is -2.20. The lowest BCUT2D eigenvalue weighted by atomic mass is 10.1. The van der Waals surface area contributed by atoms with Gasteiger partial charge in [0.1, 0.15) is 33.0 Å². The molecular formula is C96H85Cl7N20O15. The topological polar surface area (TPSA) is 506 Å². The van der Waals surface area contributed by atoms with Crippen molar-refractivity contribution in [2.45, 2.75) is 108 Å². The van der Waals surface area contributed by atoms with Crippen molar-refractivity contribution in [3.05, 3.63) is 333 Å². The molecule has 5 amide bonds. The summed E-state index contributed by atoms with van der Waals surface area (Å²) in [6.45, 7) is 15.9. The SMILES string of the molecule is C/C(=C\C(=O)NCc1ccc(C)cc1)c1ncc(-c2nnc(CO)o2)cc1Cl.C/C(=C\C(=O)Nc1ccc(C)c(Cl)c1)c1ncc(-c2nnc(CO)o2)cc1Cl.C/C(=C\C(=O)Nc1ccc(C)c(Cl)c1)c1ncc(-c2nnc(CO)o2)cc1Cl.C/C(=C\C(=O)Nc1ccc(C)cc1)c1ncc(-c2nnc(CO)o2)cc1Cl.Cc1ccc(CNC(=O)/C=C/c2ncc(-c3nnc(CO)o3)cc2Cl)cc1. The molecule has 35 nitrogen and oxygen atoms in total. The van der Waals surface area contributed by atoms with Crippen LogP contribution in [0.2, 0.25) is 35.2 Å². The molecule has 0 aliphatic heterocycles. The molecule has 10 heterocycles. The first-order valence-corrected chi connectivity index (χ1v) is 43.9. The molecule has 0 aliphatic rings. The number of amides is 5. The fourth-order valence-electron chi connectivity index (χ4n) is 11.9. The number of nitrogens with one attached hydrogen (secondary N) is 5. The number of nitrogens with zero attached hydrogens (tertiary/aromatic N) is 15. The summed E-state index contributed by atoms with van der Waals surface area (Å²) in [5.74, 6) is 0.114. The van der Waals surface area contributed by atoms with Crippen molar-refractivity contribution in [2.24, 2.45) is 0 Å². The van der Waals surface area contributed by atoms with Crippen molar-refractivity contribution < 1.29 is 71.6 Å².